The first-order chi connectivity index (χ1) is 14.3. The van der Waals surface area contributed by atoms with Gasteiger partial charge in [0.15, 0.2) is 17.5 Å². The van der Waals surface area contributed by atoms with Gasteiger partial charge in [-0.15, -0.1) is 0 Å². The molecule has 7 heteroatoms. The van der Waals surface area contributed by atoms with Gasteiger partial charge in [-0.2, -0.15) is 0 Å². The van der Waals surface area contributed by atoms with Crippen LogP contribution >= 0.6 is 0 Å². The Labute approximate surface area is 172 Å². The molecule has 2 aliphatic heterocycles. The molecule has 2 unspecified atom stereocenters. The maximum absolute atomic E-state index is 5.96. The molecule has 0 saturated carbocycles. The molecule has 0 bridgehead atoms. The van der Waals surface area contributed by atoms with E-state index in [4.69, 9.17) is 14.5 Å². The van der Waals surface area contributed by atoms with Gasteiger partial charge in [-0.3, -0.25) is 0 Å². The molecule has 4 rings (SSSR count). The summed E-state index contributed by atoms with van der Waals surface area (Å²) in [4.78, 5) is 11.6. The number of aliphatic imine (C=N–C) groups is 1. The third kappa shape index (κ3) is 4.49. The zero-order valence-corrected chi connectivity index (χ0v) is 17.4. The van der Waals surface area contributed by atoms with Crippen LogP contribution in [0.25, 0.3) is 0 Å². The molecule has 0 spiro atoms. The van der Waals surface area contributed by atoms with E-state index >= 15 is 0 Å². The highest BCUT2D eigenvalue weighted by Crippen LogP contribution is 2.34. The smallest absolute Gasteiger partial charge is 0.194 e. The minimum absolute atomic E-state index is 0.403. The third-order valence-corrected chi connectivity index (χ3v) is 5.71. The molecule has 0 radical (unpaired) electrons. The van der Waals surface area contributed by atoms with E-state index in [1.807, 2.05) is 24.7 Å². The summed E-state index contributed by atoms with van der Waals surface area (Å²) in [5, 5.41) is 3.47. The molecule has 1 saturated heterocycles. The van der Waals surface area contributed by atoms with Crippen molar-refractivity contribution in [2.24, 2.45) is 10.9 Å². The van der Waals surface area contributed by atoms with Crippen LogP contribution in [0.4, 0.5) is 0 Å². The quantitative estimate of drug-likeness (QED) is 0.634. The monoisotopic (exact) mass is 397 g/mol. The number of fused-ring (bicyclic) bond motifs is 1. The number of piperidine rings is 1. The van der Waals surface area contributed by atoms with Crippen molar-refractivity contribution in [2.45, 2.75) is 39.3 Å². The number of nitrogens with zero attached hydrogens (tertiary/aromatic N) is 4. The molecular formula is C22H31N5O2. The number of hydrogen-bond donors (Lipinski definition) is 1. The molecule has 7 nitrogen and oxygen atoms in total. The largest absolute Gasteiger partial charge is 0.490 e. The van der Waals surface area contributed by atoms with Gasteiger partial charge in [0.25, 0.3) is 0 Å². The molecule has 1 fully saturated rings. The second-order valence-electron chi connectivity index (χ2n) is 7.75. The van der Waals surface area contributed by atoms with Crippen molar-refractivity contribution in [3.8, 4) is 11.5 Å². The lowest BCUT2D eigenvalue weighted by molar-refractivity contribution is 0.189. The van der Waals surface area contributed by atoms with Crippen LogP contribution in [-0.2, 0) is 6.54 Å². The van der Waals surface area contributed by atoms with E-state index in [-0.39, 0.29) is 0 Å². The molecule has 0 aliphatic carbocycles. The van der Waals surface area contributed by atoms with Gasteiger partial charge in [-0.25, -0.2) is 9.98 Å². The average molecular weight is 398 g/mol. The summed E-state index contributed by atoms with van der Waals surface area (Å²) in [5.74, 6) is 3.23. The van der Waals surface area contributed by atoms with Crippen molar-refractivity contribution >= 4 is 5.96 Å². The Morgan fingerprint density at radius 3 is 3.03 bits per heavy atom. The minimum atomic E-state index is 0.403. The molecule has 1 aromatic heterocycles. The Hall–Kier alpha value is -2.70. The number of guanidine groups is 1. The van der Waals surface area contributed by atoms with Crippen LogP contribution in [0.2, 0.25) is 0 Å². The number of benzene rings is 1. The maximum Gasteiger partial charge on any atom is 0.194 e. The summed E-state index contributed by atoms with van der Waals surface area (Å²) in [6, 6.07) is 6.47. The summed E-state index contributed by atoms with van der Waals surface area (Å²) >= 11 is 0. The Balaban J connectivity index is 1.53. The van der Waals surface area contributed by atoms with Crippen LogP contribution in [0.15, 0.2) is 41.9 Å². The van der Waals surface area contributed by atoms with Crippen molar-refractivity contribution < 1.29 is 9.47 Å². The number of aromatic nitrogens is 2. The first kappa shape index (κ1) is 19.6. The van der Waals surface area contributed by atoms with Crippen LogP contribution in [0.1, 0.15) is 38.3 Å². The fourth-order valence-corrected chi connectivity index (χ4v) is 4.06. The highest BCUT2D eigenvalue weighted by Gasteiger charge is 2.29. The molecule has 2 atom stereocenters. The number of rotatable bonds is 4. The van der Waals surface area contributed by atoms with Crippen LogP contribution in [0.5, 0.6) is 11.5 Å². The van der Waals surface area contributed by atoms with Crippen molar-refractivity contribution in [3.05, 3.63) is 42.5 Å². The first-order valence-electron chi connectivity index (χ1n) is 10.6. The van der Waals surface area contributed by atoms with Crippen LogP contribution < -0.4 is 14.8 Å². The molecule has 1 aromatic carbocycles. The lowest BCUT2D eigenvalue weighted by Gasteiger charge is -2.39. The lowest BCUT2D eigenvalue weighted by Crippen LogP contribution is -2.49. The number of imidazole rings is 1. The van der Waals surface area contributed by atoms with E-state index in [1.165, 1.54) is 0 Å². The molecule has 0 amide bonds. The van der Waals surface area contributed by atoms with Gasteiger partial charge < -0.3 is 24.3 Å². The number of hydrogen-bond acceptors (Lipinski definition) is 4. The summed E-state index contributed by atoms with van der Waals surface area (Å²) in [6.45, 7) is 9.16. The fraction of sp³-hybridized carbons (Fsp3) is 0.545. The molecule has 156 valence electrons. The summed E-state index contributed by atoms with van der Waals surface area (Å²) in [7, 11) is 0. The second-order valence-corrected chi connectivity index (χ2v) is 7.75. The number of ether oxygens (including phenoxy) is 2. The fourth-order valence-electron chi connectivity index (χ4n) is 4.06. The molecule has 3 heterocycles. The van der Waals surface area contributed by atoms with Gasteiger partial charge in [-0.05, 0) is 25.3 Å². The maximum atomic E-state index is 5.96. The second kappa shape index (κ2) is 9.20. The van der Waals surface area contributed by atoms with E-state index in [2.05, 4.69) is 45.9 Å². The summed E-state index contributed by atoms with van der Waals surface area (Å²) in [6.07, 6.45) is 7.87. The molecule has 1 N–H and O–H groups in total. The van der Waals surface area contributed by atoms with Crippen LogP contribution in [0, 0.1) is 5.92 Å². The number of para-hydroxylation sites is 1. The van der Waals surface area contributed by atoms with E-state index in [9.17, 15) is 0 Å². The first-order valence-corrected chi connectivity index (χ1v) is 10.6. The Morgan fingerprint density at radius 2 is 2.21 bits per heavy atom. The van der Waals surface area contributed by atoms with Gasteiger partial charge in [0.2, 0.25) is 0 Å². The Bertz CT molecular complexity index is 821. The standard InChI is InChI=1S/C22H31N5O2/c1-3-24-22(26-10-8-17(2)19(15-26)27-11-9-23-16-27)25-14-18-6-4-7-20-21(18)29-13-5-12-28-20/h4,6-7,9,11,16-17,19H,3,5,8,10,12-15H2,1-2H3,(H,24,25). The molecule has 29 heavy (non-hydrogen) atoms. The minimum Gasteiger partial charge on any atom is -0.490 e. The van der Waals surface area contributed by atoms with E-state index in [1.54, 1.807) is 0 Å². The highest BCUT2D eigenvalue weighted by atomic mass is 16.5. The number of likely N-dealkylation sites (tertiary alicyclic amines) is 1. The highest BCUT2D eigenvalue weighted by molar-refractivity contribution is 5.80. The SMILES string of the molecule is CCNC(=NCc1cccc2c1OCCCO2)N1CCC(C)C(n2ccnc2)C1. The zero-order valence-electron chi connectivity index (χ0n) is 17.4. The van der Waals surface area contributed by atoms with Gasteiger partial charge in [-0.1, -0.05) is 19.1 Å². The number of nitrogens with one attached hydrogen (secondary N) is 1. The van der Waals surface area contributed by atoms with E-state index < -0.39 is 0 Å². The normalized spacial score (nSPS) is 22.3. The summed E-state index contributed by atoms with van der Waals surface area (Å²) < 4.78 is 14.0. The van der Waals surface area contributed by atoms with Gasteiger partial charge in [0, 0.05) is 44.0 Å². The predicted molar refractivity (Wildman–Crippen MR) is 113 cm³/mol. The van der Waals surface area contributed by atoms with E-state index in [0.717, 1.165) is 55.5 Å². The third-order valence-electron chi connectivity index (χ3n) is 5.71. The Morgan fingerprint density at radius 1 is 1.31 bits per heavy atom. The predicted octanol–water partition coefficient (Wildman–Crippen LogP) is 3.09. The molecular weight excluding hydrogens is 366 g/mol. The molecule has 2 aliphatic rings. The average Bonchev–Trinajstić information content (AvgIpc) is 3.16. The van der Waals surface area contributed by atoms with Gasteiger partial charge in [0.05, 0.1) is 32.1 Å². The van der Waals surface area contributed by atoms with Crippen molar-refractivity contribution in [3.63, 3.8) is 0 Å². The van der Waals surface area contributed by atoms with Gasteiger partial charge in [0.1, 0.15) is 0 Å². The van der Waals surface area contributed by atoms with Crippen molar-refractivity contribution in [2.75, 3.05) is 32.8 Å². The zero-order chi connectivity index (χ0) is 20.1. The van der Waals surface area contributed by atoms with Crippen molar-refractivity contribution in [1.82, 2.24) is 19.8 Å². The summed E-state index contributed by atoms with van der Waals surface area (Å²) in [5.41, 5.74) is 1.07. The Kier molecular flexibility index (Phi) is 6.22. The van der Waals surface area contributed by atoms with Crippen LogP contribution in [-0.4, -0.2) is 53.3 Å². The van der Waals surface area contributed by atoms with Crippen molar-refractivity contribution in [1.29, 1.82) is 0 Å². The van der Waals surface area contributed by atoms with E-state index in [0.29, 0.717) is 31.7 Å². The lowest BCUT2D eigenvalue weighted by atomic mass is 9.93. The topological polar surface area (TPSA) is 63.9 Å². The van der Waals surface area contributed by atoms with Gasteiger partial charge >= 0.3 is 0 Å². The van der Waals surface area contributed by atoms with Crippen LogP contribution in [0.3, 0.4) is 0 Å². The molecule has 2 aromatic rings.